The molecule has 0 saturated carbocycles. The van der Waals surface area contributed by atoms with Crippen LogP contribution in [0.1, 0.15) is 26.3 Å². The zero-order chi connectivity index (χ0) is 14.6. The molecule has 0 unspecified atom stereocenters. The summed E-state index contributed by atoms with van der Waals surface area (Å²) < 4.78 is 10.5. The second-order valence-corrected chi connectivity index (χ2v) is 5.30. The summed E-state index contributed by atoms with van der Waals surface area (Å²) in [6.07, 6.45) is 1.15. The van der Waals surface area contributed by atoms with Gasteiger partial charge < -0.3 is 14.5 Å². The van der Waals surface area contributed by atoms with Crippen LogP contribution < -0.4 is 5.32 Å². The molecule has 0 aliphatic rings. The van der Waals surface area contributed by atoms with Gasteiger partial charge in [0.25, 0.3) is 0 Å². The van der Waals surface area contributed by atoms with Crippen molar-refractivity contribution in [3.05, 3.63) is 36.1 Å². The third kappa shape index (κ3) is 3.79. The first-order valence-electron chi connectivity index (χ1n) is 6.38. The molecule has 2 rings (SSSR count). The van der Waals surface area contributed by atoms with Crippen LogP contribution in [0, 0.1) is 11.8 Å². The summed E-state index contributed by atoms with van der Waals surface area (Å²) in [6.45, 7) is 5.68. The Bertz CT molecular complexity index is 668. The van der Waals surface area contributed by atoms with Crippen LogP contribution in [-0.4, -0.2) is 18.2 Å². The van der Waals surface area contributed by atoms with E-state index in [9.17, 15) is 4.79 Å². The maximum atomic E-state index is 11.4. The minimum Gasteiger partial charge on any atom is -0.463 e. The fraction of sp³-hybridized carbons (Fsp3) is 0.312. The van der Waals surface area contributed by atoms with E-state index in [0.29, 0.717) is 0 Å². The van der Waals surface area contributed by atoms with Crippen molar-refractivity contribution in [2.24, 2.45) is 0 Å². The first-order valence-corrected chi connectivity index (χ1v) is 6.38. The van der Waals surface area contributed by atoms with Gasteiger partial charge in [0.05, 0.1) is 12.1 Å². The maximum Gasteiger partial charge on any atom is 0.408 e. The van der Waals surface area contributed by atoms with Crippen LogP contribution in [0.4, 0.5) is 4.79 Å². The number of hydrogen-bond donors (Lipinski definition) is 1. The highest BCUT2D eigenvalue weighted by atomic mass is 16.6. The zero-order valence-electron chi connectivity index (χ0n) is 11.8. The van der Waals surface area contributed by atoms with E-state index in [1.165, 1.54) is 0 Å². The lowest BCUT2D eigenvalue weighted by molar-refractivity contribution is 0.0535. The number of hydrogen-bond acceptors (Lipinski definition) is 3. The highest BCUT2D eigenvalue weighted by Gasteiger charge is 2.15. The topological polar surface area (TPSA) is 51.5 Å². The molecule has 0 aliphatic carbocycles. The van der Waals surface area contributed by atoms with Gasteiger partial charge in [0.1, 0.15) is 17.4 Å². The Kier molecular flexibility index (Phi) is 3.99. The molecule has 20 heavy (non-hydrogen) atoms. The monoisotopic (exact) mass is 271 g/mol. The number of carbonyl (C=O) groups excluding carboxylic acids is 1. The summed E-state index contributed by atoms with van der Waals surface area (Å²) >= 11 is 0. The molecule has 1 aromatic carbocycles. The molecule has 1 amide bonds. The Hall–Kier alpha value is -2.41. The van der Waals surface area contributed by atoms with E-state index in [0.717, 1.165) is 16.5 Å². The summed E-state index contributed by atoms with van der Waals surface area (Å²) in [5, 5.41) is 3.55. The number of ether oxygens (including phenoxy) is 1. The summed E-state index contributed by atoms with van der Waals surface area (Å²) in [4.78, 5) is 11.4. The van der Waals surface area contributed by atoms with E-state index >= 15 is 0 Å². The number of para-hydroxylation sites is 1. The first-order chi connectivity index (χ1) is 9.46. The van der Waals surface area contributed by atoms with Crippen molar-refractivity contribution in [3.8, 4) is 11.8 Å². The van der Waals surface area contributed by atoms with Gasteiger partial charge >= 0.3 is 6.09 Å². The quantitative estimate of drug-likeness (QED) is 0.809. The van der Waals surface area contributed by atoms with Crippen molar-refractivity contribution in [2.45, 2.75) is 26.4 Å². The molecule has 0 aliphatic heterocycles. The van der Waals surface area contributed by atoms with Gasteiger partial charge in [-0.3, -0.25) is 0 Å². The molecule has 0 fully saturated rings. The lowest BCUT2D eigenvalue weighted by Gasteiger charge is -2.18. The van der Waals surface area contributed by atoms with E-state index in [4.69, 9.17) is 9.15 Å². The average Bonchev–Trinajstić information content (AvgIpc) is 2.76. The number of amides is 1. The SMILES string of the molecule is CC(C)(C)OC(=O)NCC#Cc1coc2ccccc12. The second kappa shape index (κ2) is 5.70. The molecule has 1 aromatic heterocycles. The van der Waals surface area contributed by atoms with Crippen molar-refractivity contribution >= 4 is 17.1 Å². The van der Waals surface area contributed by atoms with Gasteiger partial charge in [-0.1, -0.05) is 24.0 Å². The van der Waals surface area contributed by atoms with Gasteiger partial charge in [-0.2, -0.15) is 0 Å². The molecule has 1 heterocycles. The molecule has 0 atom stereocenters. The lowest BCUT2D eigenvalue weighted by Crippen LogP contribution is -2.32. The number of alkyl carbamates (subject to hydrolysis) is 1. The predicted molar refractivity (Wildman–Crippen MR) is 77.3 cm³/mol. The minimum atomic E-state index is -0.502. The van der Waals surface area contributed by atoms with Crippen LogP contribution in [0.3, 0.4) is 0 Å². The molecule has 4 heteroatoms. The molecular formula is C16H17NO3. The largest absolute Gasteiger partial charge is 0.463 e. The minimum absolute atomic E-state index is 0.231. The predicted octanol–water partition coefficient (Wildman–Crippen LogP) is 3.31. The highest BCUT2D eigenvalue weighted by Crippen LogP contribution is 2.19. The lowest BCUT2D eigenvalue weighted by atomic mass is 10.2. The molecule has 2 aromatic rings. The van der Waals surface area contributed by atoms with Crippen molar-refractivity contribution < 1.29 is 13.9 Å². The van der Waals surface area contributed by atoms with Crippen LogP contribution in [0.15, 0.2) is 34.9 Å². The van der Waals surface area contributed by atoms with E-state index in [1.807, 2.05) is 45.0 Å². The second-order valence-electron chi connectivity index (χ2n) is 5.30. The van der Waals surface area contributed by atoms with E-state index in [1.54, 1.807) is 6.26 Å². The molecule has 4 nitrogen and oxygen atoms in total. The summed E-state index contributed by atoms with van der Waals surface area (Å²) in [7, 11) is 0. The Labute approximate surface area is 118 Å². The van der Waals surface area contributed by atoms with Crippen molar-refractivity contribution in [3.63, 3.8) is 0 Å². The van der Waals surface area contributed by atoms with Gasteiger partial charge in [0.15, 0.2) is 0 Å². The van der Waals surface area contributed by atoms with Gasteiger partial charge in [-0.15, -0.1) is 0 Å². The third-order valence-corrected chi connectivity index (χ3v) is 2.42. The third-order valence-electron chi connectivity index (χ3n) is 2.42. The molecular weight excluding hydrogens is 254 g/mol. The first kappa shape index (κ1) is 14.0. The van der Waals surface area contributed by atoms with Gasteiger partial charge in [0, 0.05) is 5.39 Å². The van der Waals surface area contributed by atoms with E-state index in [-0.39, 0.29) is 6.54 Å². The molecule has 0 spiro atoms. The normalized spacial score (nSPS) is 10.8. The summed E-state index contributed by atoms with van der Waals surface area (Å²) in [5.41, 5.74) is 1.11. The molecule has 0 bridgehead atoms. The summed E-state index contributed by atoms with van der Waals surface area (Å²) in [5.74, 6) is 5.85. The smallest absolute Gasteiger partial charge is 0.408 e. The molecule has 0 radical (unpaired) electrons. The van der Waals surface area contributed by atoms with Crippen molar-refractivity contribution in [1.29, 1.82) is 0 Å². The Morgan fingerprint density at radius 1 is 1.35 bits per heavy atom. The van der Waals surface area contributed by atoms with E-state index in [2.05, 4.69) is 17.2 Å². The average molecular weight is 271 g/mol. The van der Waals surface area contributed by atoms with Crippen molar-refractivity contribution in [2.75, 3.05) is 6.54 Å². The van der Waals surface area contributed by atoms with Crippen LogP contribution in [0.2, 0.25) is 0 Å². The number of benzene rings is 1. The Balaban J connectivity index is 1.94. The van der Waals surface area contributed by atoms with E-state index < -0.39 is 11.7 Å². The fourth-order valence-corrected chi connectivity index (χ4v) is 1.64. The molecule has 104 valence electrons. The van der Waals surface area contributed by atoms with Crippen LogP contribution in [-0.2, 0) is 4.74 Å². The van der Waals surface area contributed by atoms with Crippen LogP contribution in [0.25, 0.3) is 11.0 Å². The molecule has 0 saturated heterocycles. The summed E-state index contributed by atoms with van der Waals surface area (Å²) in [6, 6.07) is 7.68. The standard InChI is InChI=1S/C16H17NO3/c1-16(2,3)20-15(18)17-10-6-7-12-11-19-14-9-5-4-8-13(12)14/h4-5,8-9,11H,10H2,1-3H3,(H,17,18). The molecule has 1 N–H and O–H groups in total. The van der Waals surface area contributed by atoms with Crippen molar-refractivity contribution in [1.82, 2.24) is 5.32 Å². The number of fused-ring (bicyclic) bond motifs is 1. The number of furan rings is 1. The fourth-order valence-electron chi connectivity index (χ4n) is 1.64. The zero-order valence-corrected chi connectivity index (χ0v) is 11.8. The van der Waals surface area contributed by atoms with Gasteiger partial charge in [0.2, 0.25) is 0 Å². The van der Waals surface area contributed by atoms with Crippen LogP contribution >= 0.6 is 0 Å². The van der Waals surface area contributed by atoms with Crippen LogP contribution in [0.5, 0.6) is 0 Å². The number of rotatable bonds is 1. The Morgan fingerprint density at radius 3 is 2.85 bits per heavy atom. The van der Waals surface area contributed by atoms with Gasteiger partial charge in [-0.25, -0.2) is 4.79 Å². The maximum absolute atomic E-state index is 11.4. The Morgan fingerprint density at radius 2 is 2.10 bits per heavy atom. The number of nitrogens with one attached hydrogen (secondary N) is 1. The van der Waals surface area contributed by atoms with Gasteiger partial charge in [-0.05, 0) is 32.9 Å². The highest BCUT2D eigenvalue weighted by molar-refractivity contribution is 5.83. The number of carbonyl (C=O) groups is 1.